The Labute approximate surface area is 134 Å². The molecule has 122 valence electrons. The van der Waals surface area contributed by atoms with E-state index in [1.807, 2.05) is 30.3 Å². The Morgan fingerprint density at radius 2 is 2.00 bits per heavy atom. The van der Waals surface area contributed by atoms with Crippen molar-refractivity contribution in [1.29, 1.82) is 0 Å². The van der Waals surface area contributed by atoms with E-state index in [1.54, 1.807) is 7.05 Å². The lowest BCUT2D eigenvalue weighted by molar-refractivity contribution is -0.137. The first kappa shape index (κ1) is 15.7. The predicted octanol–water partition coefficient (Wildman–Crippen LogP) is 1.32. The minimum Gasteiger partial charge on any atom is -0.480 e. The van der Waals surface area contributed by atoms with Gasteiger partial charge in [-0.3, -0.25) is 9.48 Å². The number of rotatable bonds is 6. The van der Waals surface area contributed by atoms with Crippen molar-refractivity contribution in [2.24, 2.45) is 7.05 Å². The smallest absolute Gasteiger partial charge is 0.318 e. The van der Waals surface area contributed by atoms with Crippen LogP contribution in [0.2, 0.25) is 0 Å². The Morgan fingerprint density at radius 1 is 1.35 bits per heavy atom. The molecule has 0 atom stereocenters. The van der Waals surface area contributed by atoms with Crippen molar-refractivity contribution in [3.63, 3.8) is 0 Å². The number of benzene rings is 1. The van der Waals surface area contributed by atoms with Crippen LogP contribution in [-0.4, -0.2) is 46.2 Å². The molecule has 1 aromatic carbocycles. The summed E-state index contributed by atoms with van der Waals surface area (Å²) in [6.45, 7) is -0.529. The lowest BCUT2D eigenvalue weighted by Crippen LogP contribution is -2.38. The lowest BCUT2D eigenvalue weighted by atomic mass is 10.2. The molecule has 0 radical (unpaired) electrons. The van der Waals surface area contributed by atoms with Gasteiger partial charge >= 0.3 is 5.97 Å². The van der Waals surface area contributed by atoms with Crippen LogP contribution in [0.3, 0.4) is 0 Å². The molecule has 1 aliphatic rings. The summed E-state index contributed by atoms with van der Waals surface area (Å²) < 4.78 is 28.0. The van der Waals surface area contributed by atoms with E-state index >= 15 is 0 Å². The quantitative estimate of drug-likeness (QED) is 0.859. The number of hydrogen-bond acceptors (Lipinski definition) is 4. The molecule has 0 saturated heterocycles. The van der Waals surface area contributed by atoms with Crippen molar-refractivity contribution in [2.75, 3.05) is 6.54 Å². The van der Waals surface area contributed by atoms with Crippen molar-refractivity contribution in [1.82, 2.24) is 14.1 Å². The van der Waals surface area contributed by atoms with Gasteiger partial charge in [0.05, 0.1) is 5.69 Å². The fourth-order valence-electron chi connectivity index (χ4n) is 2.47. The Morgan fingerprint density at radius 3 is 2.57 bits per heavy atom. The molecule has 1 saturated carbocycles. The van der Waals surface area contributed by atoms with Gasteiger partial charge in [-0.05, 0) is 12.8 Å². The third-order valence-electron chi connectivity index (χ3n) is 3.72. The Hall–Kier alpha value is -2.19. The Kier molecular flexibility index (Phi) is 3.95. The zero-order valence-electron chi connectivity index (χ0n) is 12.6. The average Bonchev–Trinajstić information content (AvgIpc) is 3.26. The first-order valence-electron chi connectivity index (χ1n) is 7.22. The van der Waals surface area contributed by atoms with E-state index in [2.05, 4.69) is 5.10 Å². The highest BCUT2D eigenvalue weighted by Gasteiger charge is 2.40. The molecular formula is C15H17N3O4S. The van der Waals surface area contributed by atoms with E-state index in [0.29, 0.717) is 18.5 Å². The van der Waals surface area contributed by atoms with E-state index in [4.69, 9.17) is 5.11 Å². The van der Waals surface area contributed by atoms with E-state index in [-0.39, 0.29) is 11.1 Å². The standard InChI is InChI=1S/C15H17N3O4S/c1-17-14(9-13(16-17)11-5-3-2-4-6-11)23(21,22)18(10-15(19)20)12-7-8-12/h2-6,9,12H,7-8,10H2,1H3,(H,19,20). The van der Waals surface area contributed by atoms with E-state index < -0.39 is 22.5 Å². The van der Waals surface area contributed by atoms with Gasteiger partial charge in [0.25, 0.3) is 10.0 Å². The van der Waals surface area contributed by atoms with Gasteiger partial charge in [-0.25, -0.2) is 8.42 Å². The van der Waals surface area contributed by atoms with Crippen LogP contribution < -0.4 is 0 Å². The number of aliphatic carboxylic acids is 1. The summed E-state index contributed by atoms with van der Waals surface area (Å²) in [7, 11) is -2.35. The number of carboxylic acids is 1. The fourth-order valence-corrected chi connectivity index (χ4v) is 4.23. The average molecular weight is 335 g/mol. The second-order valence-electron chi connectivity index (χ2n) is 5.53. The maximum atomic E-state index is 12.8. The second-order valence-corrected chi connectivity index (χ2v) is 7.37. The minimum absolute atomic E-state index is 0.00417. The maximum Gasteiger partial charge on any atom is 0.318 e. The number of carbonyl (C=O) groups is 1. The van der Waals surface area contributed by atoms with Gasteiger partial charge in [0.2, 0.25) is 0 Å². The molecule has 1 aromatic heterocycles. The van der Waals surface area contributed by atoms with Crippen LogP contribution in [0.25, 0.3) is 11.3 Å². The van der Waals surface area contributed by atoms with Crippen molar-refractivity contribution in [2.45, 2.75) is 23.9 Å². The van der Waals surface area contributed by atoms with Crippen molar-refractivity contribution >= 4 is 16.0 Å². The first-order valence-corrected chi connectivity index (χ1v) is 8.66. The van der Waals surface area contributed by atoms with Gasteiger partial charge in [0.15, 0.2) is 5.03 Å². The number of nitrogens with zero attached hydrogens (tertiary/aromatic N) is 3. The van der Waals surface area contributed by atoms with Crippen LogP contribution in [-0.2, 0) is 21.9 Å². The summed E-state index contributed by atoms with van der Waals surface area (Å²) in [4.78, 5) is 11.0. The normalized spacial score (nSPS) is 15.0. The molecule has 0 unspecified atom stereocenters. The van der Waals surface area contributed by atoms with E-state index in [0.717, 1.165) is 9.87 Å². The molecule has 1 aliphatic carbocycles. The van der Waals surface area contributed by atoms with Crippen molar-refractivity contribution in [3.8, 4) is 11.3 Å². The largest absolute Gasteiger partial charge is 0.480 e. The molecule has 0 bridgehead atoms. The van der Waals surface area contributed by atoms with Crippen LogP contribution in [0, 0.1) is 0 Å². The van der Waals surface area contributed by atoms with Crippen LogP contribution in [0.15, 0.2) is 41.4 Å². The fraction of sp³-hybridized carbons (Fsp3) is 0.333. The molecule has 23 heavy (non-hydrogen) atoms. The van der Waals surface area contributed by atoms with Gasteiger partial charge in [0, 0.05) is 24.7 Å². The zero-order chi connectivity index (χ0) is 16.6. The van der Waals surface area contributed by atoms with E-state index in [1.165, 1.54) is 10.7 Å². The summed E-state index contributed by atoms with van der Waals surface area (Å²) in [6, 6.07) is 10.5. The van der Waals surface area contributed by atoms with Crippen LogP contribution in [0.1, 0.15) is 12.8 Å². The van der Waals surface area contributed by atoms with E-state index in [9.17, 15) is 13.2 Å². The summed E-state index contributed by atoms with van der Waals surface area (Å²) in [5.74, 6) is -1.16. The third-order valence-corrected chi connectivity index (χ3v) is 5.68. The molecule has 1 N–H and O–H groups in total. The molecule has 1 heterocycles. The predicted molar refractivity (Wildman–Crippen MR) is 83.2 cm³/mol. The van der Waals surface area contributed by atoms with Gasteiger partial charge in [-0.15, -0.1) is 0 Å². The highest BCUT2D eigenvalue weighted by Crippen LogP contribution is 2.32. The highest BCUT2D eigenvalue weighted by atomic mass is 32.2. The number of hydrogen-bond donors (Lipinski definition) is 1. The highest BCUT2D eigenvalue weighted by molar-refractivity contribution is 7.89. The molecule has 7 nitrogen and oxygen atoms in total. The summed E-state index contributed by atoms with van der Waals surface area (Å²) >= 11 is 0. The summed E-state index contributed by atoms with van der Waals surface area (Å²) in [5, 5.41) is 13.3. The number of aromatic nitrogens is 2. The number of sulfonamides is 1. The van der Waals surface area contributed by atoms with Gasteiger partial charge in [-0.2, -0.15) is 9.40 Å². The van der Waals surface area contributed by atoms with Gasteiger partial charge in [0.1, 0.15) is 6.54 Å². The molecule has 0 amide bonds. The minimum atomic E-state index is -3.90. The molecule has 8 heteroatoms. The lowest BCUT2D eigenvalue weighted by Gasteiger charge is -2.19. The molecular weight excluding hydrogens is 318 g/mol. The first-order chi connectivity index (χ1) is 10.9. The SMILES string of the molecule is Cn1nc(-c2ccccc2)cc1S(=O)(=O)N(CC(=O)O)C1CC1. The monoisotopic (exact) mass is 335 g/mol. The van der Waals surface area contributed by atoms with Crippen LogP contribution in [0.5, 0.6) is 0 Å². The molecule has 2 aromatic rings. The zero-order valence-corrected chi connectivity index (χ0v) is 13.4. The molecule has 0 aliphatic heterocycles. The van der Waals surface area contributed by atoms with Crippen LogP contribution >= 0.6 is 0 Å². The van der Waals surface area contributed by atoms with Gasteiger partial charge < -0.3 is 5.11 Å². The molecule has 1 fully saturated rings. The Balaban J connectivity index is 2.00. The summed E-state index contributed by atoms with van der Waals surface area (Å²) in [5.41, 5.74) is 1.35. The third kappa shape index (κ3) is 3.13. The maximum absolute atomic E-state index is 12.8. The molecule has 0 spiro atoms. The summed E-state index contributed by atoms with van der Waals surface area (Å²) in [6.07, 6.45) is 1.38. The topological polar surface area (TPSA) is 92.5 Å². The number of aryl methyl sites for hydroxylation is 1. The van der Waals surface area contributed by atoms with Crippen molar-refractivity contribution in [3.05, 3.63) is 36.4 Å². The van der Waals surface area contributed by atoms with Crippen LogP contribution in [0.4, 0.5) is 0 Å². The van der Waals surface area contributed by atoms with Gasteiger partial charge in [-0.1, -0.05) is 30.3 Å². The number of carboxylic acid groups (broad SMARTS) is 1. The second kappa shape index (κ2) is 5.78. The van der Waals surface area contributed by atoms with Crippen molar-refractivity contribution < 1.29 is 18.3 Å². The molecule has 3 rings (SSSR count). The Bertz CT molecular complexity index is 826.